The van der Waals surface area contributed by atoms with Gasteiger partial charge in [-0.15, -0.1) is 0 Å². The van der Waals surface area contributed by atoms with Crippen molar-refractivity contribution in [1.82, 2.24) is 4.90 Å². The first-order valence-electron chi connectivity index (χ1n) is 5.44. The Morgan fingerprint density at radius 3 is 3.00 bits per heavy atom. The van der Waals surface area contributed by atoms with E-state index in [1.54, 1.807) is 17.0 Å². The summed E-state index contributed by atoms with van der Waals surface area (Å²) in [6.07, 6.45) is 3.08. The lowest BCUT2D eigenvalue weighted by atomic mass is 10.1. The van der Waals surface area contributed by atoms with Gasteiger partial charge in [-0.1, -0.05) is 11.6 Å². The number of nitrogens with two attached hydrogens (primary N) is 1. The van der Waals surface area contributed by atoms with Gasteiger partial charge >= 0.3 is 0 Å². The number of hydrogen-bond acceptors (Lipinski definition) is 3. The maximum atomic E-state index is 12.0. The van der Waals surface area contributed by atoms with E-state index in [9.17, 15) is 4.79 Å². The summed E-state index contributed by atoms with van der Waals surface area (Å²) >= 11 is 0. The van der Waals surface area contributed by atoms with Crippen molar-refractivity contribution in [2.24, 2.45) is 5.73 Å². The Hall–Kier alpha value is -1.55. The molecular weight excluding hydrogens is 204 g/mol. The monoisotopic (exact) mass is 220 g/mol. The van der Waals surface area contributed by atoms with Crippen molar-refractivity contribution >= 4 is 5.91 Å². The van der Waals surface area contributed by atoms with Gasteiger partial charge in [-0.05, 0) is 25.5 Å². The summed E-state index contributed by atoms with van der Waals surface area (Å²) in [6, 6.07) is 3.44. The maximum absolute atomic E-state index is 12.0. The second-order valence-corrected chi connectivity index (χ2v) is 4.04. The van der Waals surface area contributed by atoms with E-state index in [0.29, 0.717) is 24.6 Å². The van der Waals surface area contributed by atoms with Gasteiger partial charge in [-0.3, -0.25) is 4.79 Å². The lowest BCUT2D eigenvalue weighted by molar-refractivity contribution is 0.0732. The van der Waals surface area contributed by atoms with Crippen LogP contribution in [0.4, 0.5) is 0 Å². The Balaban J connectivity index is 2.10. The summed E-state index contributed by atoms with van der Waals surface area (Å²) in [5.74, 6) is 0.981. The van der Waals surface area contributed by atoms with Crippen LogP contribution in [0.15, 0.2) is 28.2 Å². The van der Waals surface area contributed by atoms with Crippen LogP contribution < -0.4 is 5.73 Å². The summed E-state index contributed by atoms with van der Waals surface area (Å²) < 4.78 is 5.35. The minimum atomic E-state index is -0.0489. The number of amides is 1. The minimum Gasteiger partial charge on any atom is -0.455 e. The maximum Gasteiger partial charge on any atom is 0.289 e. The Morgan fingerprint density at radius 2 is 2.38 bits per heavy atom. The first kappa shape index (κ1) is 11.0. The molecule has 0 aromatic carbocycles. The molecule has 0 saturated carbocycles. The Kier molecular flexibility index (Phi) is 3.10. The van der Waals surface area contributed by atoms with E-state index in [1.807, 2.05) is 6.92 Å². The molecule has 0 aliphatic carbocycles. The van der Waals surface area contributed by atoms with Gasteiger partial charge in [0, 0.05) is 13.1 Å². The van der Waals surface area contributed by atoms with Gasteiger partial charge in [0.1, 0.15) is 5.76 Å². The average molecular weight is 220 g/mol. The summed E-state index contributed by atoms with van der Waals surface area (Å²) in [5.41, 5.74) is 6.66. The zero-order chi connectivity index (χ0) is 11.5. The standard InChI is InChI=1S/C12H16N2O2/c1-9-3-2-6-14(8-9)12(15)11-5-4-10(7-13)16-11/h3-5H,2,6-8,13H2,1H3. The van der Waals surface area contributed by atoms with Crippen LogP contribution in [0.1, 0.15) is 29.7 Å². The summed E-state index contributed by atoms with van der Waals surface area (Å²) in [7, 11) is 0. The quantitative estimate of drug-likeness (QED) is 0.769. The molecule has 0 atom stereocenters. The van der Waals surface area contributed by atoms with E-state index in [2.05, 4.69) is 6.08 Å². The number of furan rings is 1. The molecule has 0 saturated heterocycles. The van der Waals surface area contributed by atoms with Crippen LogP contribution in [0.25, 0.3) is 0 Å². The molecule has 16 heavy (non-hydrogen) atoms. The molecule has 1 amide bonds. The van der Waals surface area contributed by atoms with Crippen molar-refractivity contribution < 1.29 is 9.21 Å². The fourth-order valence-electron chi connectivity index (χ4n) is 1.84. The predicted octanol–water partition coefficient (Wildman–Crippen LogP) is 1.53. The van der Waals surface area contributed by atoms with E-state index in [-0.39, 0.29) is 5.91 Å². The molecule has 2 rings (SSSR count). The summed E-state index contributed by atoms with van der Waals surface area (Å²) in [4.78, 5) is 13.8. The number of rotatable bonds is 2. The fraction of sp³-hybridized carbons (Fsp3) is 0.417. The summed E-state index contributed by atoms with van der Waals surface area (Å²) in [6.45, 7) is 3.81. The topological polar surface area (TPSA) is 59.5 Å². The molecule has 2 heterocycles. The van der Waals surface area contributed by atoms with Crippen LogP contribution in [0.2, 0.25) is 0 Å². The van der Waals surface area contributed by atoms with Gasteiger partial charge in [-0.25, -0.2) is 0 Å². The molecule has 2 N–H and O–H groups in total. The molecule has 86 valence electrons. The molecule has 0 unspecified atom stereocenters. The average Bonchev–Trinajstić information content (AvgIpc) is 2.76. The molecule has 0 fully saturated rings. The number of nitrogens with zero attached hydrogens (tertiary/aromatic N) is 1. The van der Waals surface area contributed by atoms with Crippen LogP contribution in [-0.2, 0) is 6.54 Å². The zero-order valence-corrected chi connectivity index (χ0v) is 9.40. The van der Waals surface area contributed by atoms with Crippen LogP contribution in [0.3, 0.4) is 0 Å². The lowest BCUT2D eigenvalue weighted by Crippen LogP contribution is -2.35. The third kappa shape index (κ3) is 2.17. The van der Waals surface area contributed by atoms with Crippen LogP contribution >= 0.6 is 0 Å². The molecule has 1 aromatic rings. The number of carbonyl (C=O) groups is 1. The van der Waals surface area contributed by atoms with Gasteiger partial charge in [0.15, 0.2) is 5.76 Å². The Bertz CT molecular complexity index is 420. The van der Waals surface area contributed by atoms with E-state index >= 15 is 0 Å². The van der Waals surface area contributed by atoms with Gasteiger partial charge in [0.25, 0.3) is 5.91 Å². The highest BCUT2D eigenvalue weighted by Crippen LogP contribution is 2.15. The molecule has 0 spiro atoms. The first-order chi connectivity index (χ1) is 7.70. The Labute approximate surface area is 94.7 Å². The normalized spacial score (nSPS) is 16.1. The van der Waals surface area contributed by atoms with Crippen LogP contribution in [0, 0.1) is 0 Å². The largest absolute Gasteiger partial charge is 0.455 e. The Morgan fingerprint density at radius 1 is 1.56 bits per heavy atom. The third-order valence-corrected chi connectivity index (χ3v) is 2.69. The number of hydrogen-bond donors (Lipinski definition) is 1. The van der Waals surface area contributed by atoms with Crippen LogP contribution in [-0.4, -0.2) is 23.9 Å². The van der Waals surface area contributed by atoms with Crippen molar-refractivity contribution in [3.05, 3.63) is 35.3 Å². The van der Waals surface area contributed by atoms with Gasteiger partial charge in [0.05, 0.1) is 6.54 Å². The van der Waals surface area contributed by atoms with Crippen molar-refractivity contribution in [3.8, 4) is 0 Å². The highest BCUT2D eigenvalue weighted by atomic mass is 16.4. The van der Waals surface area contributed by atoms with E-state index in [4.69, 9.17) is 10.2 Å². The van der Waals surface area contributed by atoms with E-state index < -0.39 is 0 Å². The highest BCUT2D eigenvalue weighted by Gasteiger charge is 2.20. The highest BCUT2D eigenvalue weighted by molar-refractivity contribution is 5.91. The van der Waals surface area contributed by atoms with Crippen molar-refractivity contribution in [3.63, 3.8) is 0 Å². The van der Waals surface area contributed by atoms with Gasteiger partial charge in [0.2, 0.25) is 0 Å². The smallest absolute Gasteiger partial charge is 0.289 e. The molecule has 1 aliphatic rings. The second-order valence-electron chi connectivity index (χ2n) is 4.04. The SMILES string of the molecule is CC1=CCCN(C(=O)c2ccc(CN)o2)C1. The fourth-order valence-corrected chi connectivity index (χ4v) is 1.84. The van der Waals surface area contributed by atoms with E-state index in [1.165, 1.54) is 5.57 Å². The number of carbonyl (C=O) groups excluding carboxylic acids is 1. The van der Waals surface area contributed by atoms with Crippen molar-refractivity contribution in [2.45, 2.75) is 19.9 Å². The second kappa shape index (κ2) is 4.53. The molecule has 1 aromatic heterocycles. The molecule has 1 aliphatic heterocycles. The molecule has 4 nitrogen and oxygen atoms in total. The lowest BCUT2D eigenvalue weighted by Gasteiger charge is -2.25. The molecule has 0 radical (unpaired) electrons. The van der Waals surface area contributed by atoms with Crippen molar-refractivity contribution in [2.75, 3.05) is 13.1 Å². The molecule has 0 bridgehead atoms. The predicted molar refractivity (Wildman–Crippen MR) is 60.9 cm³/mol. The minimum absolute atomic E-state index is 0.0489. The first-order valence-corrected chi connectivity index (χ1v) is 5.44. The van der Waals surface area contributed by atoms with Gasteiger partial charge in [-0.2, -0.15) is 0 Å². The zero-order valence-electron chi connectivity index (χ0n) is 9.40. The molecular formula is C12H16N2O2. The van der Waals surface area contributed by atoms with Crippen molar-refractivity contribution in [1.29, 1.82) is 0 Å². The summed E-state index contributed by atoms with van der Waals surface area (Å²) in [5, 5.41) is 0. The third-order valence-electron chi connectivity index (χ3n) is 2.69. The van der Waals surface area contributed by atoms with Crippen LogP contribution in [0.5, 0.6) is 0 Å². The molecule has 4 heteroatoms. The van der Waals surface area contributed by atoms with Gasteiger partial charge < -0.3 is 15.1 Å². The van der Waals surface area contributed by atoms with E-state index in [0.717, 1.165) is 13.0 Å².